The van der Waals surface area contributed by atoms with Crippen LogP contribution in [-0.4, -0.2) is 11.9 Å². The van der Waals surface area contributed by atoms with Crippen LogP contribution in [0.25, 0.3) is 0 Å². The summed E-state index contributed by atoms with van der Waals surface area (Å²) in [5.74, 6) is -0.0618. The molecule has 78 valence electrons. The number of aliphatic imine (C=N–C) groups is 1. The molecule has 2 nitrogen and oxygen atoms in total. The number of hydrogen-bond donors (Lipinski definition) is 1. The number of nitrogens with zero attached hydrogens (tertiary/aromatic N) is 1. The van der Waals surface area contributed by atoms with Crippen LogP contribution in [0.5, 0.6) is 0 Å². The Morgan fingerprint density at radius 2 is 2.07 bits per heavy atom. The third-order valence-electron chi connectivity index (χ3n) is 1.90. The fourth-order valence-electron chi connectivity index (χ4n) is 1.06. The summed E-state index contributed by atoms with van der Waals surface area (Å²) in [6.45, 7) is 1.63. The van der Waals surface area contributed by atoms with Crippen LogP contribution in [0.4, 0.5) is 13.2 Å². The summed E-state index contributed by atoms with van der Waals surface area (Å²) in [5.41, 5.74) is 5.13. The first kappa shape index (κ1) is 10.8. The van der Waals surface area contributed by atoms with E-state index in [1.54, 1.807) is 19.1 Å². The second-order valence-electron chi connectivity index (χ2n) is 3.07. The van der Waals surface area contributed by atoms with E-state index in [2.05, 4.69) is 4.99 Å². The molecule has 0 spiro atoms. The Morgan fingerprint density at radius 3 is 2.64 bits per heavy atom. The van der Waals surface area contributed by atoms with E-state index in [0.717, 1.165) is 0 Å². The zero-order valence-electron chi connectivity index (χ0n) is 7.73. The van der Waals surface area contributed by atoms with Gasteiger partial charge in [-0.15, -0.1) is 0 Å². The van der Waals surface area contributed by atoms with Crippen molar-refractivity contribution in [3.05, 3.63) is 23.5 Å². The molecule has 1 rings (SSSR count). The molecule has 0 amide bonds. The molecule has 0 saturated heterocycles. The second kappa shape index (κ2) is 3.86. The van der Waals surface area contributed by atoms with Gasteiger partial charge in [-0.1, -0.05) is 12.2 Å². The molecule has 0 aromatic rings. The lowest BCUT2D eigenvalue weighted by molar-refractivity contribution is -0.0605. The topological polar surface area (TPSA) is 38.4 Å². The van der Waals surface area contributed by atoms with Gasteiger partial charge in [-0.25, -0.2) is 4.99 Å². The van der Waals surface area contributed by atoms with Gasteiger partial charge in [0, 0.05) is 0 Å². The molecule has 0 aromatic carbocycles. The molecule has 0 radical (unpaired) electrons. The number of rotatable bonds is 0. The molecule has 0 fully saturated rings. The van der Waals surface area contributed by atoms with Gasteiger partial charge >= 0.3 is 6.18 Å². The van der Waals surface area contributed by atoms with Crippen molar-refractivity contribution in [2.45, 2.75) is 25.9 Å². The van der Waals surface area contributed by atoms with E-state index in [0.29, 0.717) is 12.0 Å². The predicted molar refractivity (Wildman–Crippen MR) is 48.8 cm³/mol. The second-order valence-corrected chi connectivity index (χ2v) is 3.07. The highest BCUT2D eigenvalue weighted by Crippen LogP contribution is 2.23. The van der Waals surface area contributed by atoms with E-state index in [4.69, 9.17) is 5.73 Å². The summed E-state index contributed by atoms with van der Waals surface area (Å²) in [6, 6.07) is 0. The lowest BCUT2D eigenvalue weighted by atomic mass is 10.1. The van der Waals surface area contributed by atoms with Gasteiger partial charge in [-0.2, -0.15) is 13.2 Å². The quantitative estimate of drug-likeness (QED) is 0.647. The van der Waals surface area contributed by atoms with Gasteiger partial charge in [0.25, 0.3) is 0 Å². The van der Waals surface area contributed by atoms with E-state index < -0.39 is 11.9 Å². The minimum Gasteiger partial charge on any atom is -0.383 e. The van der Waals surface area contributed by atoms with Crippen LogP contribution in [0.2, 0.25) is 0 Å². The summed E-state index contributed by atoms with van der Waals surface area (Å²) in [7, 11) is 0. The van der Waals surface area contributed by atoms with Crippen molar-refractivity contribution in [2.24, 2.45) is 10.7 Å². The molecule has 5 heteroatoms. The first-order valence-corrected chi connectivity index (χ1v) is 4.19. The summed E-state index contributed by atoms with van der Waals surface area (Å²) < 4.78 is 37.0. The molecule has 1 heterocycles. The van der Waals surface area contributed by atoms with Crippen molar-refractivity contribution < 1.29 is 13.2 Å². The largest absolute Gasteiger partial charge is 0.429 e. The molecular weight excluding hydrogens is 193 g/mol. The maximum absolute atomic E-state index is 12.3. The molecule has 0 unspecified atom stereocenters. The average molecular weight is 204 g/mol. The van der Waals surface area contributed by atoms with Gasteiger partial charge in [-0.05, 0) is 25.3 Å². The zero-order chi connectivity index (χ0) is 10.8. The highest BCUT2D eigenvalue weighted by molar-refractivity contribution is 5.90. The van der Waals surface area contributed by atoms with Crippen LogP contribution >= 0.6 is 0 Å². The van der Waals surface area contributed by atoms with Gasteiger partial charge in [0.1, 0.15) is 11.5 Å². The standard InChI is InChI=1S/C9H11F3N2/c1-6-4-2-3-5-7(9(10,11)12)14-8(6)13/h2,4H,3,5,13H2,1H3/b4-2-,8-6-,14-7+. The van der Waals surface area contributed by atoms with Crippen LogP contribution in [0.1, 0.15) is 19.8 Å². The normalized spacial score (nSPS) is 30.1. The van der Waals surface area contributed by atoms with Crippen molar-refractivity contribution in [3.8, 4) is 0 Å². The van der Waals surface area contributed by atoms with Crippen molar-refractivity contribution in [1.29, 1.82) is 0 Å². The predicted octanol–water partition coefficient (Wildman–Crippen LogP) is 2.53. The SMILES string of the molecule is CC1=C(N)/N=C(/C(F)(F)F)CC/C=C\1. The molecule has 1 aliphatic rings. The molecule has 14 heavy (non-hydrogen) atoms. The Bertz CT molecular complexity index is 311. The minimum absolute atomic E-state index is 0.0618. The number of nitrogens with two attached hydrogens (primary N) is 1. The van der Waals surface area contributed by atoms with Crippen molar-refractivity contribution >= 4 is 5.71 Å². The van der Waals surface area contributed by atoms with Crippen LogP contribution < -0.4 is 5.73 Å². The van der Waals surface area contributed by atoms with Gasteiger partial charge < -0.3 is 5.73 Å². The van der Waals surface area contributed by atoms with E-state index >= 15 is 0 Å². The monoisotopic (exact) mass is 204 g/mol. The number of allylic oxidation sites excluding steroid dienone is 3. The molecular formula is C9H11F3N2. The van der Waals surface area contributed by atoms with Crippen LogP contribution in [-0.2, 0) is 0 Å². The summed E-state index contributed by atoms with van der Waals surface area (Å²) in [6.07, 6.45) is -0.804. The van der Waals surface area contributed by atoms with Crippen molar-refractivity contribution in [2.75, 3.05) is 0 Å². The third kappa shape index (κ3) is 2.61. The summed E-state index contributed by atoms with van der Waals surface area (Å²) >= 11 is 0. The lowest BCUT2D eigenvalue weighted by Gasteiger charge is -2.11. The maximum atomic E-state index is 12.3. The molecule has 1 aliphatic heterocycles. The van der Waals surface area contributed by atoms with Crippen LogP contribution in [0, 0.1) is 0 Å². The van der Waals surface area contributed by atoms with E-state index in [1.165, 1.54) is 0 Å². The zero-order valence-corrected chi connectivity index (χ0v) is 7.73. The lowest BCUT2D eigenvalue weighted by Crippen LogP contribution is -2.24. The van der Waals surface area contributed by atoms with E-state index in [-0.39, 0.29) is 12.2 Å². The first-order chi connectivity index (χ1) is 6.41. The Labute approximate surface area is 80.0 Å². The van der Waals surface area contributed by atoms with Gasteiger partial charge in [0.2, 0.25) is 0 Å². The maximum Gasteiger partial charge on any atom is 0.429 e. The fraction of sp³-hybridized carbons (Fsp3) is 0.444. The fourth-order valence-corrected chi connectivity index (χ4v) is 1.06. The molecule has 0 atom stereocenters. The number of halogens is 3. The van der Waals surface area contributed by atoms with Crippen LogP contribution in [0.15, 0.2) is 28.5 Å². The summed E-state index contributed by atoms with van der Waals surface area (Å²) in [4.78, 5) is 3.39. The molecule has 0 aliphatic carbocycles. The van der Waals surface area contributed by atoms with Crippen molar-refractivity contribution in [1.82, 2.24) is 0 Å². The third-order valence-corrected chi connectivity index (χ3v) is 1.90. The van der Waals surface area contributed by atoms with E-state index in [1.807, 2.05) is 0 Å². The Kier molecular flexibility index (Phi) is 2.98. The molecule has 0 saturated carbocycles. The molecule has 0 aromatic heterocycles. The van der Waals surface area contributed by atoms with Crippen LogP contribution in [0.3, 0.4) is 0 Å². The first-order valence-electron chi connectivity index (χ1n) is 4.19. The highest BCUT2D eigenvalue weighted by Gasteiger charge is 2.35. The van der Waals surface area contributed by atoms with Crippen molar-refractivity contribution in [3.63, 3.8) is 0 Å². The minimum atomic E-state index is -4.38. The molecule has 2 N–H and O–H groups in total. The highest BCUT2D eigenvalue weighted by atomic mass is 19.4. The number of alkyl halides is 3. The Hall–Kier alpha value is -1.26. The van der Waals surface area contributed by atoms with Gasteiger partial charge in [-0.3, -0.25) is 0 Å². The average Bonchev–Trinajstić information content (AvgIpc) is 2.04. The van der Waals surface area contributed by atoms with Gasteiger partial charge in [0.15, 0.2) is 0 Å². The Morgan fingerprint density at radius 1 is 1.43 bits per heavy atom. The smallest absolute Gasteiger partial charge is 0.383 e. The number of hydrogen-bond acceptors (Lipinski definition) is 2. The Balaban J connectivity index is 3.05. The van der Waals surface area contributed by atoms with Gasteiger partial charge in [0.05, 0.1) is 0 Å². The summed E-state index contributed by atoms with van der Waals surface area (Å²) in [5, 5.41) is 0. The van der Waals surface area contributed by atoms with E-state index in [9.17, 15) is 13.2 Å². The molecule has 0 bridgehead atoms.